The van der Waals surface area contributed by atoms with Gasteiger partial charge in [-0.15, -0.1) is 0 Å². The van der Waals surface area contributed by atoms with Crippen molar-refractivity contribution in [3.8, 4) is 0 Å². The van der Waals surface area contributed by atoms with Gasteiger partial charge in [-0.05, 0) is 19.9 Å². The van der Waals surface area contributed by atoms with Crippen molar-refractivity contribution in [3.63, 3.8) is 0 Å². The minimum absolute atomic E-state index is 0.132. The van der Waals surface area contributed by atoms with Crippen LogP contribution < -0.4 is 0 Å². The molecular formula is C7H14NO. The summed E-state index contributed by atoms with van der Waals surface area (Å²) in [5.74, 6) is 0. The van der Waals surface area contributed by atoms with Crippen LogP contribution in [0.2, 0.25) is 0 Å². The van der Waals surface area contributed by atoms with E-state index in [1.165, 1.54) is 0 Å². The lowest BCUT2D eigenvalue weighted by atomic mass is 10.2. The van der Waals surface area contributed by atoms with Gasteiger partial charge in [0.1, 0.15) is 0 Å². The Balaban J connectivity index is 2.38. The summed E-state index contributed by atoms with van der Waals surface area (Å²) in [4.78, 5) is 2.19. The van der Waals surface area contributed by atoms with Crippen LogP contribution in [0.25, 0.3) is 0 Å². The molecule has 0 saturated carbocycles. The molecule has 2 nitrogen and oxygen atoms in total. The van der Waals surface area contributed by atoms with Crippen molar-refractivity contribution in [2.24, 2.45) is 0 Å². The summed E-state index contributed by atoms with van der Waals surface area (Å²) >= 11 is 0. The second kappa shape index (κ2) is 2.67. The van der Waals surface area contributed by atoms with Crippen LogP contribution in [-0.4, -0.2) is 35.2 Å². The number of aliphatic hydroxyl groups excluding tert-OH is 1. The quantitative estimate of drug-likeness (QED) is 0.548. The molecule has 9 heavy (non-hydrogen) atoms. The Morgan fingerprint density at radius 2 is 2.44 bits per heavy atom. The summed E-state index contributed by atoms with van der Waals surface area (Å²) in [5.41, 5.74) is 0. The van der Waals surface area contributed by atoms with Crippen LogP contribution in [0.1, 0.15) is 13.3 Å². The van der Waals surface area contributed by atoms with Gasteiger partial charge >= 0.3 is 0 Å². The summed E-state index contributed by atoms with van der Waals surface area (Å²) in [6.45, 7) is 7.81. The minimum atomic E-state index is -0.132. The van der Waals surface area contributed by atoms with Crippen molar-refractivity contribution in [2.45, 2.75) is 25.5 Å². The van der Waals surface area contributed by atoms with Gasteiger partial charge in [0.05, 0.1) is 6.10 Å². The third-order valence-electron chi connectivity index (χ3n) is 1.91. The number of likely N-dealkylation sites (tertiary alicyclic amines) is 1. The molecule has 0 aromatic carbocycles. The molecule has 1 aliphatic rings. The number of hydrogen-bond acceptors (Lipinski definition) is 2. The zero-order chi connectivity index (χ0) is 6.85. The maximum absolute atomic E-state index is 9.12. The lowest BCUT2D eigenvalue weighted by Crippen LogP contribution is -2.27. The molecule has 2 heteroatoms. The molecule has 1 saturated heterocycles. The predicted molar refractivity (Wildman–Crippen MR) is 37.0 cm³/mol. The fourth-order valence-corrected chi connectivity index (χ4v) is 1.34. The van der Waals surface area contributed by atoms with Crippen molar-refractivity contribution < 1.29 is 5.11 Å². The van der Waals surface area contributed by atoms with Gasteiger partial charge < -0.3 is 5.11 Å². The Morgan fingerprint density at radius 3 is 2.67 bits per heavy atom. The normalized spacial score (nSPS) is 37.7. The lowest BCUT2D eigenvalue weighted by molar-refractivity contribution is 0.177. The van der Waals surface area contributed by atoms with Crippen LogP contribution in [0, 0.1) is 6.92 Å². The summed E-state index contributed by atoms with van der Waals surface area (Å²) in [6, 6.07) is 0.338. The maximum atomic E-state index is 9.12. The average molecular weight is 128 g/mol. The van der Waals surface area contributed by atoms with E-state index in [-0.39, 0.29) is 6.10 Å². The van der Waals surface area contributed by atoms with Gasteiger partial charge in [0.2, 0.25) is 0 Å². The molecular weight excluding hydrogens is 114 g/mol. The Hall–Kier alpha value is -0.0800. The Labute approximate surface area is 56.5 Å². The highest BCUT2D eigenvalue weighted by molar-refractivity contribution is 4.85. The van der Waals surface area contributed by atoms with Crippen LogP contribution >= 0.6 is 0 Å². The highest BCUT2D eigenvalue weighted by atomic mass is 16.3. The smallest absolute Gasteiger partial charge is 0.0682 e. The Bertz CT molecular complexity index is 94.9. The van der Waals surface area contributed by atoms with Crippen molar-refractivity contribution in [1.82, 2.24) is 4.90 Å². The van der Waals surface area contributed by atoms with E-state index in [1.54, 1.807) is 0 Å². The van der Waals surface area contributed by atoms with Crippen LogP contribution in [0.4, 0.5) is 0 Å². The number of β-amino-alcohol motifs (C(OH)–C–C–N with tert-alkyl or cyclic N) is 1. The van der Waals surface area contributed by atoms with Crippen molar-refractivity contribution >= 4 is 0 Å². The molecule has 2 atom stereocenters. The number of nitrogens with zero attached hydrogens (tertiary/aromatic N) is 1. The molecule has 2 unspecified atom stereocenters. The summed E-state index contributed by atoms with van der Waals surface area (Å²) in [5, 5.41) is 9.12. The maximum Gasteiger partial charge on any atom is 0.0682 e. The topological polar surface area (TPSA) is 23.5 Å². The molecule has 1 aliphatic heterocycles. The van der Waals surface area contributed by atoms with E-state index in [1.807, 2.05) is 0 Å². The molecule has 1 N–H and O–H groups in total. The Kier molecular flexibility index (Phi) is 2.09. The van der Waals surface area contributed by atoms with Crippen LogP contribution in [0.5, 0.6) is 0 Å². The van der Waals surface area contributed by atoms with E-state index in [9.17, 15) is 0 Å². The SMILES string of the molecule is [CH2]C1CC(O)CN1CC. The fraction of sp³-hybridized carbons (Fsp3) is 0.857. The number of rotatable bonds is 1. The van der Waals surface area contributed by atoms with Gasteiger partial charge in [-0.1, -0.05) is 6.92 Å². The van der Waals surface area contributed by atoms with Gasteiger partial charge in [-0.2, -0.15) is 0 Å². The van der Waals surface area contributed by atoms with Crippen molar-refractivity contribution in [3.05, 3.63) is 6.92 Å². The standard InChI is InChI=1S/C7H14NO/c1-3-8-5-7(9)4-6(8)2/h6-7,9H,2-5H2,1H3. The average Bonchev–Trinajstić information content (AvgIpc) is 2.10. The minimum Gasteiger partial charge on any atom is -0.392 e. The third kappa shape index (κ3) is 1.43. The number of likely N-dealkylation sites (N-methyl/N-ethyl adjacent to an activating group) is 1. The molecule has 0 bridgehead atoms. The monoisotopic (exact) mass is 128 g/mol. The molecule has 1 fully saturated rings. The fourth-order valence-electron chi connectivity index (χ4n) is 1.34. The first-order chi connectivity index (χ1) is 4.24. The molecule has 1 rings (SSSR count). The van der Waals surface area contributed by atoms with Crippen LogP contribution in [0.3, 0.4) is 0 Å². The third-order valence-corrected chi connectivity index (χ3v) is 1.91. The largest absolute Gasteiger partial charge is 0.392 e. The zero-order valence-corrected chi connectivity index (χ0v) is 5.88. The van der Waals surface area contributed by atoms with Gasteiger partial charge in [-0.3, -0.25) is 4.90 Å². The van der Waals surface area contributed by atoms with E-state index in [0.717, 1.165) is 19.5 Å². The molecule has 1 heterocycles. The summed E-state index contributed by atoms with van der Waals surface area (Å²) in [7, 11) is 0. The molecule has 53 valence electrons. The van der Waals surface area contributed by atoms with E-state index < -0.39 is 0 Å². The van der Waals surface area contributed by atoms with Crippen molar-refractivity contribution in [2.75, 3.05) is 13.1 Å². The van der Waals surface area contributed by atoms with Crippen LogP contribution in [0.15, 0.2) is 0 Å². The first kappa shape index (κ1) is 7.03. The molecule has 0 aromatic rings. The molecule has 0 aromatic heterocycles. The van der Waals surface area contributed by atoms with E-state index in [0.29, 0.717) is 6.04 Å². The van der Waals surface area contributed by atoms with Gasteiger partial charge in [0.25, 0.3) is 0 Å². The van der Waals surface area contributed by atoms with Gasteiger partial charge in [-0.25, -0.2) is 0 Å². The van der Waals surface area contributed by atoms with E-state index in [4.69, 9.17) is 5.11 Å². The first-order valence-electron chi connectivity index (χ1n) is 3.49. The van der Waals surface area contributed by atoms with Gasteiger partial charge in [0.15, 0.2) is 0 Å². The van der Waals surface area contributed by atoms with E-state index in [2.05, 4.69) is 18.7 Å². The van der Waals surface area contributed by atoms with Crippen LogP contribution in [-0.2, 0) is 0 Å². The van der Waals surface area contributed by atoms with E-state index >= 15 is 0 Å². The summed E-state index contributed by atoms with van der Waals surface area (Å²) < 4.78 is 0. The number of hydrogen-bond donors (Lipinski definition) is 1. The first-order valence-corrected chi connectivity index (χ1v) is 3.49. The number of aliphatic hydroxyl groups is 1. The molecule has 0 spiro atoms. The highest BCUT2D eigenvalue weighted by Gasteiger charge is 2.25. The Morgan fingerprint density at radius 1 is 1.78 bits per heavy atom. The summed E-state index contributed by atoms with van der Waals surface area (Å²) in [6.07, 6.45) is 0.709. The predicted octanol–water partition coefficient (Wildman–Crippen LogP) is 0.276. The molecule has 0 amide bonds. The lowest BCUT2D eigenvalue weighted by Gasteiger charge is -2.16. The van der Waals surface area contributed by atoms with Gasteiger partial charge in [0, 0.05) is 12.6 Å². The second-order valence-corrected chi connectivity index (χ2v) is 2.63. The van der Waals surface area contributed by atoms with Crippen molar-refractivity contribution in [1.29, 1.82) is 0 Å². The molecule has 0 aliphatic carbocycles. The second-order valence-electron chi connectivity index (χ2n) is 2.63. The highest BCUT2D eigenvalue weighted by Crippen LogP contribution is 2.15. The zero-order valence-electron chi connectivity index (χ0n) is 5.88. The molecule has 1 radical (unpaired) electrons.